The van der Waals surface area contributed by atoms with Gasteiger partial charge in [0, 0.05) is 38.3 Å². The van der Waals surface area contributed by atoms with E-state index >= 15 is 0 Å². The molecule has 0 bridgehead atoms. The third kappa shape index (κ3) is 6.57. The van der Waals surface area contributed by atoms with Crippen LogP contribution in [0.2, 0.25) is 0 Å². The van der Waals surface area contributed by atoms with E-state index in [9.17, 15) is 19.5 Å². The number of carbonyl (C=O) groups is 3. The zero-order chi connectivity index (χ0) is 23.1. The maximum atomic E-state index is 12.8. The van der Waals surface area contributed by atoms with Gasteiger partial charge in [0.2, 0.25) is 0 Å². The second-order valence-corrected chi connectivity index (χ2v) is 7.45. The van der Waals surface area contributed by atoms with Gasteiger partial charge in [0.05, 0.1) is 0 Å². The van der Waals surface area contributed by atoms with Gasteiger partial charge in [-0.05, 0) is 39.3 Å². The van der Waals surface area contributed by atoms with Gasteiger partial charge in [-0.2, -0.15) is 0 Å². The number of Topliss-reactive ketones (excluding diaryl/α,β-unsaturated/α-hetero) is 1. The molecule has 0 saturated carbocycles. The van der Waals surface area contributed by atoms with Crippen LogP contribution < -0.4 is 9.47 Å². The minimum absolute atomic E-state index is 0.0820. The van der Waals surface area contributed by atoms with E-state index in [-0.39, 0.29) is 35.0 Å². The fraction of sp³-hybridized carbons (Fsp3) is 0.375. The molecule has 1 aromatic carbocycles. The van der Waals surface area contributed by atoms with Crippen molar-refractivity contribution >= 4 is 17.7 Å². The summed E-state index contributed by atoms with van der Waals surface area (Å²) < 4.78 is 16.4. The highest BCUT2D eigenvalue weighted by Gasteiger charge is 2.32. The molecule has 0 radical (unpaired) electrons. The molecule has 0 aromatic heterocycles. The van der Waals surface area contributed by atoms with Crippen LogP contribution in [0.25, 0.3) is 0 Å². The first-order valence-electron chi connectivity index (χ1n) is 10.0. The molecular formula is C24H28O7. The largest absolute Gasteiger partial charge is 0.507 e. The number of hydrogen-bond donors (Lipinski definition) is 1. The Balaban J connectivity index is 2.37. The monoisotopic (exact) mass is 428 g/mol. The van der Waals surface area contributed by atoms with Crippen LogP contribution >= 0.6 is 0 Å². The third-order valence-corrected chi connectivity index (χ3v) is 4.49. The second-order valence-electron chi connectivity index (χ2n) is 7.45. The minimum atomic E-state index is -0.538. The molecule has 1 heterocycles. The van der Waals surface area contributed by atoms with Crippen molar-refractivity contribution in [2.24, 2.45) is 0 Å². The molecule has 0 spiro atoms. The molecule has 0 aliphatic carbocycles. The van der Waals surface area contributed by atoms with Crippen LogP contribution in [0, 0.1) is 0 Å². The molecule has 1 N–H and O–H groups in total. The number of hydrogen-bond acceptors (Lipinski definition) is 7. The molecule has 166 valence electrons. The average Bonchev–Trinajstić information content (AvgIpc) is 2.65. The Morgan fingerprint density at radius 2 is 1.94 bits per heavy atom. The number of esters is 2. The minimum Gasteiger partial charge on any atom is -0.507 e. The highest BCUT2D eigenvalue weighted by molar-refractivity contribution is 6.03. The number of phenolic OH excluding ortho intramolecular Hbond substituents is 1. The topological polar surface area (TPSA) is 99.1 Å². The molecular weight excluding hydrogens is 400 g/mol. The Morgan fingerprint density at radius 3 is 2.52 bits per heavy atom. The van der Waals surface area contributed by atoms with Gasteiger partial charge >= 0.3 is 11.9 Å². The number of carbonyl (C=O) groups excluding carboxylic acids is 3. The van der Waals surface area contributed by atoms with Crippen LogP contribution in [0.4, 0.5) is 0 Å². The van der Waals surface area contributed by atoms with E-state index in [0.29, 0.717) is 24.2 Å². The molecule has 7 heteroatoms. The molecule has 1 aliphatic heterocycles. The Hall–Kier alpha value is -3.35. The number of allylic oxidation sites excluding steroid dienone is 4. The van der Waals surface area contributed by atoms with Crippen molar-refractivity contribution in [2.75, 3.05) is 0 Å². The summed E-state index contributed by atoms with van der Waals surface area (Å²) in [6.07, 6.45) is 7.33. The summed E-state index contributed by atoms with van der Waals surface area (Å²) in [5.74, 6) is -0.703. The SMILES string of the molecule is C/C=C(\C=C/C[C@@H]1CC(=O)c2c(O)cc(OC(C)=O)c(CC=C(C)C)c2O1)OC(C)=O. The van der Waals surface area contributed by atoms with Gasteiger partial charge in [-0.15, -0.1) is 0 Å². The van der Waals surface area contributed by atoms with Crippen molar-refractivity contribution in [1.82, 2.24) is 0 Å². The van der Waals surface area contributed by atoms with E-state index in [1.807, 2.05) is 19.9 Å². The lowest BCUT2D eigenvalue weighted by atomic mass is 9.93. The standard InChI is InChI=1S/C24H28O7/c1-6-17(29-15(4)25)8-7-9-18-12-20(27)23-21(28)13-22(30-16(5)26)19(24(23)31-18)11-10-14(2)3/h6-8,10,13,18,28H,9,11-12H2,1-5H3/b8-7-,17-6+/t18-/m1/s1. The maximum absolute atomic E-state index is 12.8. The summed E-state index contributed by atoms with van der Waals surface area (Å²) in [6.45, 7) is 8.19. The van der Waals surface area contributed by atoms with E-state index in [0.717, 1.165) is 5.57 Å². The zero-order valence-electron chi connectivity index (χ0n) is 18.5. The molecule has 2 rings (SSSR count). The normalized spacial score (nSPS) is 15.8. The fourth-order valence-electron chi connectivity index (χ4n) is 3.15. The molecule has 7 nitrogen and oxygen atoms in total. The number of ketones is 1. The molecule has 31 heavy (non-hydrogen) atoms. The summed E-state index contributed by atoms with van der Waals surface area (Å²) in [5, 5.41) is 10.4. The van der Waals surface area contributed by atoms with Crippen molar-refractivity contribution < 1.29 is 33.7 Å². The Kier molecular flexibility index (Phi) is 8.19. The lowest BCUT2D eigenvalue weighted by molar-refractivity contribution is -0.136. The van der Waals surface area contributed by atoms with Crippen LogP contribution in [0.5, 0.6) is 17.2 Å². The van der Waals surface area contributed by atoms with Gasteiger partial charge in [-0.25, -0.2) is 0 Å². The predicted octanol–water partition coefficient (Wildman–Crippen LogP) is 4.57. The summed E-state index contributed by atoms with van der Waals surface area (Å²) in [5.41, 5.74) is 1.67. The van der Waals surface area contributed by atoms with Gasteiger partial charge in [-0.1, -0.05) is 17.7 Å². The van der Waals surface area contributed by atoms with E-state index < -0.39 is 18.0 Å². The number of phenols is 1. The van der Waals surface area contributed by atoms with Crippen molar-refractivity contribution in [3.63, 3.8) is 0 Å². The smallest absolute Gasteiger partial charge is 0.308 e. The van der Waals surface area contributed by atoms with Gasteiger partial charge in [0.25, 0.3) is 0 Å². The number of ether oxygens (including phenoxy) is 3. The van der Waals surface area contributed by atoms with Crippen LogP contribution in [0.3, 0.4) is 0 Å². The van der Waals surface area contributed by atoms with Gasteiger partial charge in [0.1, 0.15) is 34.7 Å². The van der Waals surface area contributed by atoms with Crippen molar-refractivity contribution in [3.8, 4) is 17.2 Å². The molecule has 0 saturated heterocycles. The summed E-state index contributed by atoms with van der Waals surface area (Å²) in [4.78, 5) is 35.4. The van der Waals surface area contributed by atoms with Crippen LogP contribution in [-0.2, 0) is 20.7 Å². The fourth-order valence-corrected chi connectivity index (χ4v) is 3.15. The summed E-state index contributed by atoms with van der Waals surface area (Å²) >= 11 is 0. The first-order valence-corrected chi connectivity index (χ1v) is 10.0. The van der Waals surface area contributed by atoms with E-state index in [2.05, 4.69) is 0 Å². The first-order chi connectivity index (χ1) is 14.6. The third-order valence-electron chi connectivity index (χ3n) is 4.49. The average molecular weight is 428 g/mol. The van der Waals surface area contributed by atoms with Gasteiger partial charge in [0.15, 0.2) is 5.78 Å². The molecule has 0 amide bonds. The van der Waals surface area contributed by atoms with Crippen molar-refractivity contribution in [2.45, 2.75) is 60.0 Å². The molecule has 1 aliphatic rings. The second kappa shape index (κ2) is 10.6. The number of rotatable bonds is 7. The van der Waals surface area contributed by atoms with E-state index in [4.69, 9.17) is 14.2 Å². The highest BCUT2D eigenvalue weighted by atomic mass is 16.5. The highest BCUT2D eigenvalue weighted by Crippen LogP contribution is 2.43. The van der Waals surface area contributed by atoms with Crippen LogP contribution in [-0.4, -0.2) is 28.9 Å². The van der Waals surface area contributed by atoms with Crippen molar-refractivity contribution in [1.29, 1.82) is 0 Å². The predicted molar refractivity (Wildman–Crippen MR) is 115 cm³/mol. The number of aromatic hydroxyl groups is 1. The van der Waals surface area contributed by atoms with Crippen LogP contribution in [0.15, 0.2) is 41.7 Å². The van der Waals surface area contributed by atoms with Gasteiger partial charge < -0.3 is 19.3 Å². The first kappa shape index (κ1) is 23.9. The zero-order valence-corrected chi connectivity index (χ0v) is 18.5. The lowest BCUT2D eigenvalue weighted by Gasteiger charge is -2.28. The van der Waals surface area contributed by atoms with Gasteiger partial charge in [-0.3, -0.25) is 14.4 Å². The quantitative estimate of drug-likeness (QED) is 0.223. The molecule has 0 fully saturated rings. The lowest BCUT2D eigenvalue weighted by Crippen LogP contribution is -2.27. The molecule has 1 atom stereocenters. The Labute approximate surface area is 182 Å². The maximum Gasteiger partial charge on any atom is 0.308 e. The van der Waals surface area contributed by atoms with Crippen LogP contribution in [0.1, 0.15) is 63.4 Å². The number of benzene rings is 1. The summed E-state index contributed by atoms with van der Waals surface area (Å²) in [6, 6.07) is 1.29. The molecule has 1 aromatic rings. The van der Waals surface area contributed by atoms with Crippen molar-refractivity contribution in [3.05, 3.63) is 52.8 Å². The Morgan fingerprint density at radius 1 is 1.23 bits per heavy atom. The Bertz CT molecular complexity index is 963. The number of fused-ring (bicyclic) bond motifs is 1. The summed E-state index contributed by atoms with van der Waals surface area (Å²) in [7, 11) is 0. The van der Waals surface area contributed by atoms with E-state index in [1.54, 1.807) is 25.2 Å². The molecule has 0 unspecified atom stereocenters. The van der Waals surface area contributed by atoms with E-state index in [1.165, 1.54) is 19.9 Å².